The molecule has 3 heterocycles. The maximum absolute atomic E-state index is 12.8. The molecule has 12 heteroatoms. The van der Waals surface area contributed by atoms with Crippen molar-refractivity contribution < 1.29 is 9.53 Å². The molecule has 0 unspecified atom stereocenters. The normalized spacial score (nSPS) is 14.9. The van der Waals surface area contributed by atoms with Crippen LogP contribution in [-0.2, 0) is 17.8 Å². The second-order valence-electron chi connectivity index (χ2n) is 9.43. The average molecular weight is 522 g/mol. The van der Waals surface area contributed by atoms with Gasteiger partial charge in [0, 0.05) is 39.3 Å². The van der Waals surface area contributed by atoms with Crippen molar-refractivity contribution in [1.29, 1.82) is 0 Å². The molecule has 2 aromatic heterocycles. The molecule has 1 aromatic carbocycles. The van der Waals surface area contributed by atoms with E-state index in [1.54, 1.807) is 27.9 Å². The van der Waals surface area contributed by atoms with Crippen molar-refractivity contribution in [1.82, 2.24) is 29.5 Å². The predicted molar refractivity (Wildman–Crippen MR) is 136 cm³/mol. The lowest BCUT2D eigenvalue weighted by Gasteiger charge is -2.35. The van der Waals surface area contributed by atoms with E-state index in [1.807, 2.05) is 26.8 Å². The van der Waals surface area contributed by atoms with E-state index in [-0.39, 0.29) is 11.7 Å². The first-order valence-electron chi connectivity index (χ1n) is 11.4. The van der Waals surface area contributed by atoms with Crippen LogP contribution in [0.2, 0.25) is 10.0 Å². The fourth-order valence-electron chi connectivity index (χ4n) is 3.81. The molecule has 0 saturated carbocycles. The number of rotatable bonds is 6. The van der Waals surface area contributed by atoms with Gasteiger partial charge in [-0.2, -0.15) is 5.10 Å². The molecule has 0 aliphatic carbocycles. The van der Waals surface area contributed by atoms with Crippen LogP contribution in [0, 0.1) is 0 Å². The lowest BCUT2D eigenvalue weighted by molar-refractivity contribution is 0.0142. The highest BCUT2D eigenvalue weighted by atomic mass is 35.5. The minimum Gasteiger partial charge on any atom is -0.444 e. The molecule has 2 N–H and O–H groups in total. The van der Waals surface area contributed by atoms with E-state index in [4.69, 9.17) is 27.9 Å². The van der Waals surface area contributed by atoms with Crippen molar-refractivity contribution in [2.75, 3.05) is 38.0 Å². The van der Waals surface area contributed by atoms with E-state index >= 15 is 0 Å². The Morgan fingerprint density at radius 1 is 1.14 bits per heavy atom. The first-order chi connectivity index (χ1) is 16.6. The molecule has 1 amide bonds. The van der Waals surface area contributed by atoms with Gasteiger partial charge in [0.1, 0.15) is 11.1 Å². The molecule has 0 radical (unpaired) electrons. The Labute approximate surface area is 213 Å². The predicted octanol–water partition coefficient (Wildman–Crippen LogP) is 3.59. The highest BCUT2D eigenvalue weighted by Crippen LogP contribution is 2.23. The summed E-state index contributed by atoms with van der Waals surface area (Å²) in [4.78, 5) is 36.2. The number of anilines is 1. The van der Waals surface area contributed by atoms with Crippen molar-refractivity contribution in [3.05, 3.63) is 50.4 Å². The smallest absolute Gasteiger partial charge is 0.410 e. The molecular formula is C23H29Cl2N7O3. The number of amides is 1. The summed E-state index contributed by atoms with van der Waals surface area (Å²) in [6.45, 7) is 9.92. The number of ether oxygens (including phenoxy) is 1. The van der Waals surface area contributed by atoms with Gasteiger partial charge in [0.25, 0.3) is 5.56 Å². The van der Waals surface area contributed by atoms with Crippen LogP contribution in [0.25, 0.3) is 11.0 Å². The van der Waals surface area contributed by atoms with E-state index in [9.17, 15) is 9.59 Å². The summed E-state index contributed by atoms with van der Waals surface area (Å²) in [7, 11) is 0. The Balaban J connectivity index is 1.33. The topological polar surface area (TPSA) is 108 Å². The Hall–Kier alpha value is -2.82. The molecule has 1 aliphatic rings. The number of nitrogens with one attached hydrogen (secondary N) is 2. The summed E-state index contributed by atoms with van der Waals surface area (Å²) in [5, 5.41) is 8.43. The summed E-state index contributed by atoms with van der Waals surface area (Å²) < 4.78 is 7.12. The maximum atomic E-state index is 12.8. The van der Waals surface area contributed by atoms with Crippen molar-refractivity contribution >= 4 is 46.3 Å². The van der Waals surface area contributed by atoms with Crippen LogP contribution >= 0.6 is 23.2 Å². The van der Waals surface area contributed by atoms with E-state index in [0.29, 0.717) is 59.8 Å². The molecule has 188 valence electrons. The minimum absolute atomic E-state index is 0.265. The monoisotopic (exact) mass is 521 g/mol. The van der Waals surface area contributed by atoms with Gasteiger partial charge in [-0.25, -0.2) is 9.78 Å². The first-order valence-corrected chi connectivity index (χ1v) is 12.2. The zero-order chi connectivity index (χ0) is 25.2. The number of benzene rings is 1. The standard InChI is InChI=1S/C23H29Cl2N7O3/c1-23(2,3)35-22(34)31-9-6-30(7-10-31)8-11-32-19-18(14-27-32)28-21(29-20(19)33)26-13-15-4-5-16(24)17(25)12-15/h4-5,12,14H,6-11,13H2,1-3H3,(H2,26,28,29,33). The number of hydrogen-bond acceptors (Lipinski definition) is 7. The summed E-state index contributed by atoms with van der Waals surface area (Å²) in [5.74, 6) is 0.353. The van der Waals surface area contributed by atoms with E-state index in [1.165, 1.54) is 0 Å². The van der Waals surface area contributed by atoms with Crippen molar-refractivity contribution in [3.63, 3.8) is 0 Å². The molecule has 0 spiro atoms. The van der Waals surface area contributed by atoms with Crippen molar-refractivity contribution in [2.45, 2.75) is 39.5 Å². The molecule has 3 aromatic rings. The molecule has 1 aliphatic heterocycles. The molecule has 0 atom stereocenters. The molecule has 10 nitrogen and oxygen atoms in total. The summed E-state index contributed by atoms with van der Waals surface area (Å²) in [6.07, 6.45) is 1.31. The third-order valence-electron chi connectivity index (χ3n) is 5.60. The fourth-order valence-corrected chi connectivity index (χ4v) is 4.13. The Kier molecular flexibility index (Phi) is 7.53. The third kappa shape index (κ3) is 6.45. The van der Waals surface area contributed by atoms with Gasteiger partial charge < -0.3 is 15.0 Å². The summed E-state index contributed by atoms with van der Waals surface area (Å²) >= 11 is 12.0. The van der Waals surface area contributed by atoms with Crippen LogP contribution in [0.3, 0.4) is 0 Å². The quantitative estimate of drug-likeness (QED) is 0.510. The van der Waals surface area contributed by atoms with Crippen molar-refractivity contribution in [3.8, 4) is 0 Å². The molecule has 35 heavy (non-hydrogen) atoms. The van der Waals surface area contributed by atoms with Gasteiger partial charge >= 0.3 is 6.09 Å². The van der Waals surface area contributed by atoms with Crippen LogP contribution in [0.15, 0.2) is 29.2 Å². The zero-order valence-electron chi connectivity index (χ0n) is 20.0. The number of carbonyl (C=O) groups excluding carboxylic acids is 1. The molecule has 1 saturated heterocycles. The van der Waals surface area contributed by atoms with Gasteiger partial charge in [0.15, 0.2) is 5.52 Å². The second kappa shape index (κ2) is 10.4. The molecule has 0 bridgehead atoms. The number of piperazine rings is 1. The highest BCUT2D eigenvalue weighted by molar-refractivity contribution is 6.42. The second-order valence-corrected chi connectivity index (χ2v) is 10.2. The molecule has 4 rings (SSSR count). The number of aromatic nitrogens is 4. The minimum atomic E-state index is -0.505. The summed E-state index contributed by atoms with van der Waals surface area (Å²) in [6, 6.07) is 5.34. The zero-order valence-corrected chi connectivity index (χ0v) is 21.5. The van der Waals surface area contributed by atoms with Gasteiger partial charge in [-0.05, 0) is 38.5 Å². The number of hydrogen-bond donors (Lipinski definition) is 2. The maximum Gasteiger partial charge on any atom is 0.410 e. The Bertz CT molecular complexity index is 1260. The van der Waals surface area contributed by atoms with E-state index in [0.717, 1.165) is 18.7 Å². The van der Waals surface area contributed by atoms with Gasteiger partial charge in [-0.1, -0.05) is 29.3 Å². The fraction of sp³-hybridized carbons (Fsp3) is 0.478. The van der Waals surface area contributed by atoms with Gasteiger partial charge in [0.2, 0.25) is 5.95 Å². The summed E-state index contributed by atoms with van der Waals surface area (Å²) in [5.41, 5.74) is 1.08. The third-order valence-corrected chi connectivity index (χ3v) is 6.33. The lowest BCUT2D eigenvalue weighted by Crippen LogP contribution is -2.50. The number of carbonyl (C=O) groups is 1. The van der Waals surface area contributed by atoms with E-state index < -0.39 is 5.60 Å². The SMILES string of the molecule is CC(C)(C)OC(=O)N1CCN(CCn2ncc3nc(NCc4ccc(Cl)c(Cl)c4)[nH]c(=O)c32)CC1. The Morgan fingerprint density at radius 3 is 2.57 bits per heavy atom. The number of aromatic amines is 1. The van der Waals surface area contributed by atoms with Gasteiger partial charge in [0.05, 0.1) is 22.8 Å². The molecule has 1 fully saturated rings. The number of fused-ring (bicyclic) bond motifs is 1. The average Bonchev–Trinajstić information content (AvgIpc) is 3.21. The van der Waals surface area contributed by atoms with Gasteiger partial charge in [-0.3, -0.25) is 19.4 Å². The first kappa shape index (κ1) is 25.3. The largest absolute Gasteiger partial charge is 0.444 e. The van der Waals surface area contributed by atoms with Crippen LogP contribution < -0.4 is 10.9 Å². The lowest BCUT2D eigenvalue weighted by atomic mass is 10.2. The van der Waals surface area contributed by atoms with Crippen LogP contribution in [0.5, 0.6) is 0 Å². The van der Waals surface area contributed by atoms with Crippen LogP contribution in [-0.4, -0.2) is 74.0 Å². The van der Waals surface area contributed by atoms with Crippen molar-refractivity contribution in [2.24, 2.45) is 0 Å². The Morgan fingerprint density at radius 2 is 1.89 bits per heavy atom. The van der Waals surface area contributed by atoms with Gasteiger partial charge in [-0.15, -0.1) is 0 Å². The van der Waals surface area contributed by atoms with Crippen LogP contribution in [0.4, 0.5) is 10.7 Å². The number of H-pyrrole nitrogens is 1. The van der Waals surface area contributed by atoms with Crippen LogP contribution in [0.1, 0.15) is 26.3 Å². The highest BCUT2D eigenvalue weighted by Gasteiger charge is 2.25. The number of halogens is 2. The number of nitrogens with zero attached hydrogens (tertiary/aromatic N) is 5. The van der Waals surface area contributed by atoms with E-state index in [2.05, 4.69) is 25.3 Å². The molecular weight excluding hydrogens is 493 g/mol.